The number of nitrogens with one attached hydrogen (secondary N) is 3. The van der Waals surface area contributed by atoms with Crippen LogP contribution in [0.1, 0.15) is 72.1 Å². The third-order valence-corrected chi connectivity index (χ3v) is 6.64. The molecular weight excluding hydrogens is 492 g/mol. The van der Waals surface area contributed by atoms with Crippen LogP contribution in [0.4, 0.5) is 0 Å². The molecule has 9 nitrogen and oxygen atoms in total. The van der Waals surface area contributed by atoms with Gasteiger partial charge in [-0.3, -0.25) is 24.4 Å². The first-order valence-electron chi connectivity index (χ1n) is 14.1. The number of allylic oxidation sites excluding steroid dienone is 1. The summed E-state index contributed by atoms with van der Waals surface area (Å²) < 4.78 is 0. The highest BCUT2D eigenvalue weighted by Crippen LogP contribution is 2.17. The monoisotopic (exact) mass is 538 g/mol. The van der Waals surface area contributed by atoms with E-state index < -0.39 is 18.0 Å². The van der Waals surface area contributed by atoms with Gasteiger partial charge in [0.25, 0.3) is 5.91 Å². The van der Waals surface area contributed by atoms with Crippen LogP contribution in [-0.4, -0.2) is 58.9 Å². The van der Waals surface area contributed by atoms with Crippen molar-refractivity contribution >= 4 is 34.6 Å². The molecule has 0 bridgehead atoms. The molecule has 2 aromatic rings. The number of hydrogen-bond donors (Lipinski definition) is 4. The van der Waals surface area contributed by atoms with Crippen molar-refractivity contribution in [2.45, 2.75) is 85.4 Å². The van der Waals surface area contributed by atoms with E-state index >= 15 is 0 Å². The number of hydrazine groups is 1. The van der Waals surface area contributed by atoms with Crippen LogP contribution < -0.4 is 21.8 Å². The SMILES string of the molecule is CC/C=C/c1cc2cc(CC)ccc2cn1.CCNC(C(=O)N[C@@H](C)C(=O)N1CCC[C@@H](C(N)=O)N1)C(C)C. The van der Waals surface area contributed by atoms with Crippen molar-refractivity contribution in [1.29, 1.82) is 0 Å². The second-order valence-electron chi connectivity index (χ2n) is 10.2. The zero-order chi connectivity index (χ0) is 28.9. The molecule has 0 saturated carbocycles. The summed E-state index contributed by atoms with van der Waals surface area (Å²) in [5.41, 5.74) is 10.5. The van der Waals surface area contributed by atoms with Crippen LogP contribution >= 0.6 is 0 Å². The van der Waals surface area contributed by atoms with Gasteiger partial charge in [0.1, 0.15) is 12.1 Å². The largest absolute Gasteiger partial charge is 0.368 e. The maximum atomic E-state index is 12.4. The van der Waals surface area contributed by atoms with Gasteiger partial charge in [0.2, 0.25) is 11.8 Å². The van der Waals surface area contributed by atoms with E-state index in [4.69, 9.17) is 5.73 Å². The smallest absolute Gasteiger partial charge is 0.258 e. The molecule has 1 saturated heterocycles. The van der Waals surface area contributed by atoms with E-state index in [0.717, 1.165) is 18.5 Å². The van der Waals surface area contributed by atoms with Crippen LogP contribution in [0.15, 0.2) is 36.5 Å². The van der Waals surface area contributed by atoms with Crippen molar-refractivity contribution in [1.82, 2.24) is 26.1 Å². The first-order valence-corrected chi connectivity index (χ1v) is 14.1. The lowest BCUT2D eigenvalue weighted by Crippen LogP contribution is -2.61. The average molecular weight is 539 g/mol. The summed E-state index contributed by atoms with van der Waals surface area (Å²) in [7, 11) is 0. The number of benzene rings is 1. The van der Waals surface area contributed by atoms with Gasteiger partial charge in [-0.2, -0.15) is 0 Å². The molecule has 3 atom stereocenters. The standard InChI is InChI=1S/C15H29N5O3.C15H17N/c1-5-17-12(9(2)3)14(22)18-10(4)15(23)20-8-6-7-11(19-20)13(16)21;1-3-5-6-15-10-14-9-12(4-2)7-8-13(14)11-16-15/h9-12,17,19H,5-8H2,1-4H3,(H2,16,21)(H,18,22);5-11H,3-4H2,1-2H3/b;6-5+/t10-,11-,12?;/m0./s1. The predicted molar refractivity (Wildman–Crippen MR) is 157 cm³/mol. The zero-order valence-corrected chi connectivity index (χ0v) is 24.3. The number of nitrogens with two attached hydrogens (primary N) is 1. The Balaban J connectivity index is 0.000000290. The molecule has 214 valence electrons. The summed E-state index contributed by atoms with van der Waals surface area (Å²) in [6.07, 6.45) is 9.60. The molecule has 0 spiro atoms. The van der Waals surface area contributed by atoms with Crippen LogP contribution in [0.2, 0.25) is 0 Å². The second kappa shape index (κ2) is 16.0. The van der Waals surface area contributed by atoms with E-state index in [-0.39, 0.29) is 23.8 Å². The van der Waals surface area contributed by atoms with Gasteiger partial charge < -0.3 is 16.4 Å². The minimum Gasteiger partial charge on any atom is -0.368 e. The molecule has 1 aliphatic heterocycles. The molecule has 1 aromatic heterocycles. The number of primary amides is 1. The minimum atomic E-state index is -0.679. The summed E-state index contributed by atoms with van der Waals surface area (Å²) >= 11 is 0. The number of aromatic nitrogens is 1. The van der Waals surface area contributed by atoms with Crippen LogP contribution in [0.25, 0.3) is 16.8 Å². The van der Waals surface area contributed by atoms with Gasteiger partial charge in [-0.25, -0.2) is 5.43 Å². The molecule has 0 aliphatic carbocycles. The number of rotatable bonds is 10. The van der Waals surface area contributed by atoms with E-state index in [1.54, 1.807) is 6.92 Å². The van der Waals surface area contributed by atoms with Crippen molar-refractivity contribution in [2.75, 3.05) is 13.1 Å². The fraction of sp³-hybridized carbons (Fsp3) is 0.533. The minimum absolute atomic E-state index is 0.115. The van der Waals surface area contributed by atoms with Crippen LogP contribution in [-0.2, 0) is 20.8 Å². The first kappa shape index (κ1) is 31.9. The molecular formula is C30H46N6O3. The Morgan fingerprint density at radius 1 is 1.15 bits per heavy atom. The molecule has 1 unspecified atom stereocenters. The molecule has 1 fully saturated rings. The van der Waals surface area contributed by atoms with E-state index in [1.807, 2.05) is 27.0 Å². The lowest BCUT2D eigenvalue weighted by molar-refractivity contribution is -0.142. The molecule has 5 N–H and O–H groups in total. The fourth-order valence-electron chi connectivity index (χ4n) is 4.36. The third kappa shape index (κ3) is 9.75. The molecule has 2 heterocycles. The quantitative estimate of drug-likeness (QED) is 0.367. The Hall–Kier alpha value is -3.30. The lowest BCUT2D eigenvalue weighted by atomic mass is 10.0. The summed E-state index contributed by atoms with van der Waals surface area (Å²) in [5, 5.41) is 9.73. The Kier molecular flexibility index (Phi) is 13.1. The highest BCUT2D eigenvalue weighted by Gasteiger charge is 2.31. The average Bonchev–Trinajstić information content (AvgIpc) is 2.93. The Morgan fingerprint density at radius 3 is 2.51 bits per heavy atom. The van der Waals surface area contributed by atoms with Gasteiger partial charge in [-0.1, -0.05) is 58.9 Å². The summed E-state index contributed by atoms with van der Waals surface area (Å²) in [6.45, 7) is 12.9. The van der Waals surface area contributed by atoms with Gasteiger partial charge in [-0.05, 0) is 68.2 Å². The van der Waals surface area contributed by atoms with Crippen LogP contribution in [0.5, 0.6) is 0 Å². The molecule has 0 radical (unpaired) electrons. The second-order valence-corrected chi connectivity index (χ2v) is 10.2. The van der Waals surface area contributed by atoms with Gasteiger partial charge in [0.05, 0.1) is 11.7 Å². The molecule has 3 amide bonds. The van der Waals surface area contributed by atoms with E-state index in [2.05, 4.69) is 71.3 Å². The topological polar surface area (TPSA) is 129 Å². The maximum absolute atomic E-state index is 12.4. The fourth-order valence-corrected chi connectivity index (χ4v) is 4.36. The number of amides is 3. The summed E-state index contributed by atoms with van der Waals surface area (Å²) in [4.78, 5) is 40.4. The molecule has 9 heteroatoms. The summed E-state index contributed by atoms with van der Waals surface area (Å²) in [6, 6.07) is 7.16. The van der Waals surface area contributed by atoms with Crippen molar-refractivity contribution in [3.05, 3.63) is 47.8 Å². The third-order valence-electron chi connectivity index (χ3n) is 6.64. The maximum Gasteiger partial charge on any atom is 0.258 e. The summed E-state index contributed by atoms with van der Waals surface area (Å²) in [5.74, 6) is -0.842. The van der Waals surface area contributed by atoms with E-state index in [0.29, 0.717) is 25.9 Å². The van der Waals surface area contributed by atoms with Crippen LogP contribution in [0.3, 0.4) is 0 Å². The molecule has 3 rings (SSSR count). The van der Waals surface area contributed by atoms with Crippen molar-refractivity contribution < 1.29 is 14.4 Å². The van der Waals surface area contributed by atoms with Gasteiger partial charge in [0, 0.05) is 18.1 Å². The van der Waals surface area contributed by atoms with Crippen LogP contribution in [0, 0.1) is 5.92 Å². The number of likely N-dealkylation sites (N-methyl/N-ethyl adjacent to an activating group) is 1. The predicted octanol–water partition coefficient (Wildman–Crippen LogP) is 3.33. The number of pyridine rings is 1. The molecule has 39 heavy (non-hydrogen) atoms. The molecule has 1 aliphatic rings. The molecule has 1 aromatic carbocycles. The van der Waals surface area contributed by atoms with Gasteiger partial charge in [0.15, 0.2) is 0 Å². The Bertz CT molecular complexity index is 1130. The van der Waals surface area contributed by atoms with Gasteiger partial charge >= 0.3 is 0 Å². The Morgan fingerprint density at radius 2 is 1.90 bits per heavy atom. The highest BCUT2D eigenvalue weighted by atomic mass is 16.2. The van der Waals surface area contributed by atoms with Crippen molar-refractivity contribution in [2.24, 2.45) is 11.7 Å². The van der Waals surface area contributed by atoms with E-state index in [9.17, 15) is 14.4 Å². The normalized spacial score (nSPS) is 17.0. The number of carbonyl (C=O) groups is 3. The van der Waals surface area contributed by atoms with Crippen molar-refractivity contribution in [3.63, 3.8) is 0 Å². The lowest BCUT2D eigenvalue weighted by Gasteiger charge is -2.34. The number of hydrogen-bond acceptors (Lipinski definition) is 6. The number of nitrogens with zero attached hydrogens (tertiary/aromatic N) is 2. The van der Waals surface area contributed by atoms with Gasteiger partial charge in [-0.15, -0.1) is 0 Å². The van der Waals surface area contributed by atoms with Crippen molar-refractivity contribution in [3.8, 4) is 0 Å². The Labute approximate surface area is 233 Å². The number of carbonyl (C=O) groups excluding carboxylic acids is 3. The number of aryl methyl sites for hydroxylation is 1. The first-order chi connectivity index (χ1) is 18.6. The zero-order valence-electron chi connectivity index (χ0n) is 24.3. The number of fused-ring (bicyclic) bond motifs is 1. The highest BCUT2D eigenvalue weighted by molar-refractivity contribution is 5.90. The van der Waals surface area contributed by atoms with E-state index in [1.165, 1.54) is 21.3 Å².